The fourth-order valence-corrected chi connectivity index (χ4v) is 3.35. The summed E-state index contributed by atoms with van der Waals surface area (Å²) < 4.78 is 10.7. The molecule has 2 aromatic carbocycles. The summed E-state index contributed by atoms with van der Waals surface area (Å²) in [5.74, 6) is 0.894. The van der Waals surface area contributed by atoms with Crippen LogP contribution in [0.5, 0.6) is 5.75 Å². The van der Waals surface area contributed by atoms with E-state index >= 15 is 0 Å². The molecule has 1 aliphatic rings. The zero-order valence-electron chi connectivity index (χ0n) is 15.0. The Morgan fingerprint density at radius 1 is 1.22 bits per heavy atom. The summed E-state index contributed by atoms with van der Waals surface area (Å²) in [6.45, 7) is 1.000. The standard InChI is InChI=1S/C21H20N2O4/c1-26-17-8-6-16(7-9-17)23-13-14(10-20(23)24)12-22-21(25)19-11-15-4-2-3-5-18(15)27-19/h2-9,11,14H,10,12-13H2,1H3,(H,22,25). The van der Waals surface area contributed by atoms with E-state index in [9.17, 15) is 9.59 Å². The van der Waals surface area contributed by atoms with Crippen molar-refractivity contribution in [2.75, 3.05) is 25.1 Å². The first-order chi connectivity index (χ1) is 13.1. The highest BCUT2D eigenvalue weighted by atomic mass is 16.5. The number of fused-ring (bicyclic) bond motifs is 1. The fourth-order valence-electron chi connectivity index (χ4n) is 3.35. The van der Waals surface area contributed by atoms with Gasteiger partial charge < -0.3 is 19.4 Å². The Morgan fingerprint density at radius 2 is 2.00 bits per heavy atom. The van der Waals surface area contributed by atoms with Crippen LogP contribution in [0, 0.1) is 5.92 Å². The Hall–Kier alpha value is -3.28. The van der Waals surface area contributed by atoms with Crippen LogP contribution in [0.15, 0.2) is 59.0 Å². The van der Waals surface area contributed by atoms with Gasteiger partial charge in [-0.3, -0.25) is 9.59 Å². The minimum absolute atomic E-state index is 0.0585. The monoisotopic (exact) mass is 364 g/mol. The summed E-state index contributed by atoms with van der Waals surface area (Å²) in [5.41, 5.74) is 1.52. The van der Waals surface area contributed by atoms with E-state index in [4.69, 9.17) is 9.15 Å². The van der Waals surface area contributed by atoms with Crippen molar-refractivity contribution in [3.8, 4) is 5.75 Å². The lowest BCUT2D eigenvalue weighted by Gasteiger charge is -2.17. The number of nitrogens with zero attached hydrogens (tertiary/aromatic N) is 1. The van der Waals surface area contributed by atoms with Gasteiger partial charge in [0, 0.05) is 36.5 Å². The second-order valence-electron chi connectivity index (χ2n) is 6.63. The van der Waals surface area contributed by atoms with Crippen LogP contribution in [0.1, 0.15) is 17.0 Å². The van der Waals surface area contributed by atoms with Crippen LogP contribution in [0.4, 0.5) is 5.69 Å². The predicted molar refractivity (Wildman–Crippen MR) is 102 cm³/mol. The normalized spacial score (nSPS) is 16.7. The van der Waals surface area contributed by atoms with Gasteiger partial charge in [-0.1, -0.05) is 18.2 Å². The topological polar surface area (TPSA) is 71.8 Å². The van der Waals surface area contributed by atoms with Gasteiger partial charge in [-0.05, 0) is 36.4 Å². The van der Waals surface area contributed by atoms with Crippen LogP contribution >= 0.6 is 0 Å². The number of para-hydroxylation sites is 1. The van der Waals surface area contributed by atoms with Crippen molar-refractivity contribution in [2.24, 2.45) is 5.92 Å². The second-order valence-corrected chi connectivity index (χ2v) is 6.63. The molecule has 1 aromatic heterocycles. The lowest BCUT2D eigenvalue weighted by molar-refractivity contribution is -0.117. The molecule has 27 heavy (non-hydrogen) atoms. The summed E-state index contributed by atoms with van der Waals surface area (Å²) in [4.78, 5) is 26.4. The summed E-state index contributed by atoms with van der Waals surface area (Å²) >= 11 is 0. The number of carbonyl (C=O) groups excluding carboxylic acids is 2. The molecule has 6 heteroatoms. The van der Waals surface area contributed by atoms with Crippen LogP contribution < -0.4 is 15.0 Å². The molecule has 138 valence electrons. The zero-order chi connectivity index (χ0) is 18.8. The molecule has 1 aliphatic heterocycles. The first-order valence-electron chi connectivity index (χ1n) is 8.85. The molecule has 1 saturated heterocycles. The molecule has 0 radical (unpaired) electrons. The van der Waals surface area contributed by atoms with Gasteiger partial charge in [0.15, 0.2) is 5.76 Å². The Balaban J connectivity index is 1.37. The maximum absolute atomic E-state index is 12.4. The molecular formula is C21H20N2O4. The molecule has 1 atom stereocenters. The van der Waals surface area contributed by atoms with Crippen LogP contribution in [0.3, 0.4) is 0 Å². The van der Waals surface area contributed by atoms with Gasteiger partial charge in [0.05, 0.1) is 7.11 Å². The molecular weight excluding hydrogens is 344 g/mol. The summed E-state index contributed by atoms with van der Waals surface area (Å²) in [5, 5.41) is 3.77. The summed E-state index contributed by atoms with van der Waals surface area (Å²) in [6, 6.07) is 16.6. The van der Waals surface area contributed by atoms with Gasteiger partial charge >= 0.3 is 0 Å². The number of hydrogen-bond acceptors (Lipinski definition) is 4. The number of furan rings is 1. The highest BCUT2D eigenvalue weighted by Crippen LogP contribution is 2.26. The summed E-state index contributed by atoms with van der Waals surface area (Å²) in [6.07, 6.45) is 0.409. The minimum Gasteiger partial charge on any atom is -0.497 e. The van der Waals surface area contributed by atoms with E-state index in [0.717, 1.165) is 16.8 Å². The molecule has 2 heterocycles. The lowest BCUT2D eigenvalue weighted by Crippen LogP contribution is -2.31. The average molecular weight is 364 g/mol. The molecule has 2 amide bonds. The molecule has 1 unspecified atom stereocenters. The number of anilines is 1. The first kappa shape index (κ1) is 17.1. The smallest absolute Gasteiger partial charge is 0.287 e. The molecule has 0 bridgehead atoms. The van der Waals surface area contributed by atoms with Gasteiger partial charge in [-0.2, -0.15) is 0 Å². The molecule has 4 rings (SSSR count). The Kier molecular flexibility index (Phi) is 4.54. The zero-order valence-corrected chi connectivity index (χ0v) is 15.0. The second kappa shape index (κ2) is 7.15. The van der Waals surface area contributed by atoms with Gasteiger partial charge in [0.25, 0.3) is 5.91 Å². The van der Waals surface area contributed by atoms with Crippen molar-refractivity contribution in [1.82, 2.24) is 5.32 Å². The van der Waals surface area contributed by atoms with E-state index in [-0.39, 0.29) is 23.5 Å². The van der Waals surface area contributed by atoms with Crippen molar-refractivity contribution in [1.29, 1.82) is 0 Å². The number of ether oxygens (including phenoxy) is 1. The SMILES string of the molecule is COc1ccc(N2CC(CNC(=O)c3cc4ccccc4o3)CC2=O)cc1. The van der Waals surface area contributed by atoms with Crippen LogP contribution in [0.2, 0.25) is 0 Å². The van der Waals surface area contributed by atoms with Crippen molar-refractivity contribution in [3.63, 3.8) is 0 Å². The van der Waals surface area contributed by atoms with Crippen LogP contribution in [-0.4, -0.2) is 32.0 Å². The Morgan fingerprint density at radius 3 is 2.74 bits per heavy atom. The predicted octanol–water partition coefficient (Wildman–Crippen LogP) is 3.22. The van der Waals surface area contributed by atoms with Gasteiger partial charge in [0.1, 0.15) is 11.3 Å². The summed E-state index contributed by atoms with van der Waals surface area (Å²) in [7, 11) is 1.61. The van der Waals surface area contributed by atoms with E-state index in [1.54, 1.807) is 18.1 Å². The number of rotatable bonds is 5. The van der Waals surface area contributed by atoms with Crippen molar-refractivity contribution < 1.29 is 18.7 Å². The van der Waals surface area contributed by atoms with E-state index in [2.05, 4.69) is 5.32 Å². The molecule has 3 aromatic rings. The largest absolute Gasteiger partial charge is 0.497 e. The Labute approximate surface area is 156 Å². The maximum atomic E-state index is 12.4. The van der Waals surface area contributed by atoms with Crippen molar-refractivity contribution in [3.05, 3.63) is 60.4 Å². The average Bonchev–Trinajstić information content (AvgIpc) is 3.29. The number of amides is 2. The van der Waals surface area contributed by atoms with Gasteiger partial charge in [-0.25, -0.2) is 0 Å². The third-order valence-electron chi connectivity index (χ3n) is 4.79. The van der Waals surface area contributed by atoms with Gasteiger partial charge in [-0.15, -0.1) is 0 Å². The third kappa shape index (κ3) is 3.51. The fraction of sp³-hybridized carbons (Fsp3) is 0.238. The minimum atomic E-state index is -0.262. The molecule has 1 N–H and O–H groups in total. The molecule has 0 spiro atoms. The van der Waals surface area contributed by atoms with Crippen molar-refractivity contribution in [2.45, 2.75) is 6.42 Å². The van der Waals surface area contributed by atoms with Gasteiger partial charge in [0.2, 0.25) is 5.91 Å². The molecule has 6 nitrogen and oxygen atoms in total. The quantitative estimate of drug-likeness (QED) is 0.754. The van der Waals surface area contributed by atoms with Crippen LogP contribution in [0.25, 0.3) is 11.0 Å². The Bertz CT molecular complexity index is 944. The lowest BCUT2D eigenvalue weighted by atomic mass is 10.1. The number of carbonyl (C=O) groups is 2. The van der Waals surface area contributed by atoms with Crippen molar-refractivity contribution >= 4 is 28.5 Å². The molecule has 1 fully saturated rings. The highest BCUT2D eigenvalue weighted by molar-refractivity contribution is 5.97. The third-order valence-corrected chi connectivity index (χ3v) is 4.79. The first-order valence-corrected chi connectivity index (χ1v) is 8.85. The maximum Gasteiger partial charge on any atom is 0.287 e. The van der Waals surface area contributed by atoms with E-state index in [0.29, 0.717) is 25.1 Å². The van der Waals surface area contributed by atoms with Crippen LogP contribution in [-0.2, 0) is 4.79 Å². The van der Waals surface area contributed by atoms with E-state index < -0.39 is 0 Å². The number of nitrogens with one attached hydrogen (secondary N) is 1. The van der Waals surface area contributed by atoms with E-state index in [1.165, 1.54) is 0 Å². The highest BCUT2D eigenvalue weighted by Gasteiger charge is 2.31. The number of hydrogen-bond donors (Lipinski definition) is 1. The number of methoxy groups -OCH3 is 1. The van der Waals surface area contributed by atoms with E-state index in [1.807, 2.05) is 48.5 Å². The molecule has 0 saturated carbocycles. The molecule has 0 aliphatic carbocycles. The number of benzene rings is 2.